The lowest BCUT2D eigenvalue weighted by Gasteiger charge is -2.38. The van der Waals surface area contributed by atoms with Gasteiger partial charge in [0, 0.05) is 12.6 Å². The number of hydrogen-bond donors (Lipinski definition) is 2. The maximum Gasteiger partial charge on any atom is 0.239 e. The Hall–Kier alpha value is -0.610. The van der Waals surface area contributed by atoms with E-state index >= 15 is 0 Å². The molecule has 1 fully saturated rings. The highest BCUT2D eigenvalue weighted by Gasteiger charge is 2.30. The summed E-state index contributed by atoms with van der Waals surface area (Å²) in [7, 11) is 1.78. The highest BCUT2D eigenvalue weighted by atomic mass is 16.3. The second-order valence-electron chi connectivity index (χ2n) is 3.85. The van der Waals surface area contributed by atoms with E-state index in [2.05, 4.69) is 5.32 Å². The lowest BCUT2D eigenvalue weighted by Crippen LogP contribution is -2.51. The number of rotatable bonds is 5. The summed E-state index contributed by atoms with van der Waals surface area (Å²) in [6.07, 6.45) is 3.37. The van der Waals surface area contributed by atoms with E-state index in [1.54, 1.807) is 7.05 Å². The molecule has 0 bridgehead atoms. The lowest BCUT2D eigenvalue weighted by atomic mass is 9.91. The van der Waals surface area contributed by atoms with Gasteiger partial charge < -0.3 is 15.3 Å². The van der Waals surface area contributed by atoms with Crippen LogP contribution in [0, 0.1) is 0 Å². The average Bonchev–Trinajstić information content (AvgIpc) is 2.12. The number of amides is 1. The molecule has 82 valence electrons. The molecule has 1 rings (SSSR count). The van der Waals surface area contributed by atoms with Crippen LogP contribution in [-0.2, 0) is 4.79 Å². The molecular weight excluding hydrogens is 180 g/mol. The minimum atomic E-state index is -0.151. The predicted octanol–water partition coefficient (Wildman–Crippen LogP) is -0.0323. The first-order valence-electron chi connectivity index (χ1n) is 5.29. The van der Waals surface area contributed by atoms with Gasteiger partial charge in [-0.15, -0.1) is 0 Å². The van der Waals surface area contributed by atoms with Crippen molar-refractivity contribution in [3.8, 4) is 0 Å². The van der Waals surface area contributed by atoms with Crippen molar-refractivity contribution >= 4 is 5.91 Å². The molecule has 0 radical (unpaired) electrons. The number of carbonyl (C=O) groups is 1. The number of aliphatic hydroxyl groups is 1. The minimum absolute atomic E-state index is 0.0542. The fraction of sp³-hybridized carbons (Fsp3) is 0.900. The summed E-state index contributed by atoms with van der Waals surface area (Å²) >= 11 is 0. The fourth-order valence-corrected chi connectivity index (χ4v) is 1.65. The van der Waals surface area contributed by atoms with Crippen LogP contribution in [0.3, 0.4) is 0 Å². The maximum absolute atomic E-state index is 11.9. The van der Waals surface area contributed by atoms with Gasteiger partial charge in [0.05, 0.1) is 12.6 Å². The Labute approximate surface area is 85.3 Å². The van der Waals surface area contributed by atoms with Gasteiger partial charge in [0.1, 0.15) is 0 Å². The SMILES string of the molecule is CNC(C)C(=O)N(CCO)C1CCC1. The van der Waals surface area contributed by atoms with Gasteiger partial charge in [-0.2, -0.15) is 0 Å². The van der Waals surface area contributed by atoms with Gasteiger partial charge in [0.25, 0.3) is 0 Å². The van der Waals surface area contributed by atoms with E-state index in [-0.39, 0.29) is 18.6 Å². The molecule has 0 aromatic heterocycles. The van der Waals surface area contributed by atoms with Crippen molar-refractivity contribution in [2.24, 2.45) is 0 Å². The Morgan fingerprint density at radius 1 is 1.64 bits per heavy atom. The van der Waals surface area contributed by atoms with Crippen LogP contribution in [0.2, 0.25) is 0 Å². The Kier molecular flexibility index (Phi) is 4.35. The zero-order valence-electron chi connectivity index (χ0n) is 8.99. The summed E-state index contributed by atoms with van der Waals surface area (Å²) in [4.78, 5) is 13.7. The maximum atomic E-state index is 11.9. The van der Waals surface area contributed by atoms with Crippen LogP contribution in [0.15, 0.2) is 0 Å². The van der Waals surface area contributed by atoms with Crippen molar-refractivity contribution < 1.29 is 9.90 Å². The predicted molar refractivity (Wildman–Crippen MR) is 55.0 cm³/mol. The van der Waals surface area contributed by atoms with Crippen LogP contribution in [0.4, 0.5) is 0 Å². The van der Waals surface area contributed by atoms with Gasteiger partial charge in [0.2, 0.25) is 5.91 Å². The highest BCUT2D eigenvalue weighted by molar-refractivity contribution is 5.81. The third-order valence-corrected chi connectivity index (χ3v) is 2.94. The summed E-state index contributed by atoms with van der Waals surface area (Å²) in [5.74, 6) is 0.103. The van der Waals surface area contributed by atoms with Gasteiger partial charge in [0.15, 0.2) is 0 Å². The zero-order valence-corrected chi connectivity index (χ0v) is 8.99. The highest BCUT2D eigenvalue weighted by Crippen LogP contribution is 2.24. The number of carbonyl (C=O) groups excluding carboxylic acids is 1. The number of nitrogens with zero attached hydrogens (tertiary/aromatic N) is 1. The second-order valence-corrected chi connectivity index (χ2v) is 3.85. The molecule has 1 aliphatic rings. The molecule has 2 N–H and O–H groups in total. The molecule has 1 unspecified atom stereocenters. The van der Waals surface area contributed by atoms with Crippen molar-refractivity contribution in [2.75, 3.05) is 20.2 Å². The average molecular weight is 200 g/mol. The fourth-order valence-electron chi connectivity index (χ4n) is 1.65. The third-order valence-electron chi connectivity index (χ3n) is 2.94. The molecule has 0 spiro atoms. The van der Waals surface area contributed by atoms with Gasteiger partial charge in [-0.05, 0) is 33.2 Å². The number of likely N-dealkylation sites (N-methyl/N-ethyl adjacent to an activating group) is 1. The van der Waals surface area contributed by atoms with Gasteiger partial charge in [-0.25, -0.2) is 0 Å². The molecule has 4 nitrogen and oxygen atoms in total. The monoisotopic (exact) mass is 200 g/mol. The van der Waals surface area contributed by atoms with Crippen LogP contribution in [0.25, 0.3) is 0 Å². The van der Waals surface area contributed by atoms with Crippen molar-refractivity contribution in [2.45, 2.75) is 38.3 Å². The number of nitrogens with one attached hydrogen (secondary N) is 1. The van der Waals surface area contributed by atoms with E-state index in [9.17, 15) is 4.79 Å². The van der Waals surface area contributed by atoms with E-state index < -0.39 is 0 Å². The molecule has 1 amide bonds. The third kappa shape index (κ3) is 2.45. The first-order chi connectivity index (χ1) is 6.70. The molecule has 14 heavy (non-hydrogen) atoms. The largest absolute Gasteiger partial charge is 0.395 e. The Balaban J connectivity index is 2.51. The second kappa shape index (κ2) is 5.32. The standard InChI is InChI=1S/C10H20N2O2/c1-8(11-2)10(14)12(6-7-13)9-4-3-5-9/h8-9,11,13H,3-7H2,1-2H3. The first kappa shape index (κ1) is 11.5. The first-order valence-corrected chi connectivity index (χ1v) is 5.29. The summed E-state index contributed by atoms with van der Waals surface area (Å²) in [6.45, 7) is 2.37. The van der Waals surface area contributed by atoms with Crippen LogP contribution in [0.5, 0.6) is 0 Å². The topological polar surface area (TPSA) is 52.6 Å². The van der Waals surface area contributed by atoms with Crippen LogP contribution in [-0.4, -0.2) is 48.2 Å². The molecule has 0 aromatic rings. The van der Waals surface area contributed by atoms with Gasteiger partial charge in [-0.1, -0.05) is 0 Å². The van der Waals surface area contributed by atoms with E-state index in [4.69, 9.17) is 5.11 Å². The summed E-state index contributed by atoms with van der Waals surface area (Å²) in [5, 5.41) is 11.8. The Bertz CT molecular complexity index is 193. The lowest BCUT2D eigenvalue weighted by molar-refractivity contribution is -0.137. The molecule has 4 heteroatoms. The smallest absolute Gasteiger partial charge is 0.239 e. The molecule has 0 aliphatic heterocycles. The van der Waals surface area contributed by atoms with Crippen LogP contribution in [0.1, 0.15) is 26.2 Å². The minimum Gasteiger partial charge on any atom is -0.395 e. The van der Waals surface area contributed by atoms with Gasteiger partial charge in [-0.3, -0.25) is 4.79 Å². The Morgan fingerprint density at radius 2 is 2.29 bits per heavy atom. The summed E-state index contributed by atoms with van der Waals surface area (Å²) < 4.78 is 0. The number of aliphatic hydroxyl groups excluding tert-OH is 1. The summed E-state index contributed by atoms with van der Waals surface area (Å²) in [6, 6.07) is 0.215. The molecule has 1 aliphatic carbocycles. The normalized spacial score (nSPS) is 18.8. The van der Waals surface area contributed by atoms with E-state index in [1.165, 1.54) is 6.42 Å². The quantitative estimate of drug-likeness (QED) is 0.655. The molecule has 1 atom stereocenters. The van der Waals surface area contributed by atoms with E-state index in [0.29, 0.717) is 12.6 Å². The molecular formula is C10H20N2O2. The van der Waals surface area contributed by atoms with Crippen molar-refractivity contribution in [3.63, 3.8) is 0 Å². The van der Waals surface area contributed by atoms with E-state index in [1.807, 2.05) is 11.8 Å². The van der Waals surface area contributed by atoms with Crippen LogP contribution >= 0.6 is 0 Å². The van der Waals surface area contributed by atoms with Crippen LogP contribution < -0.4 is 5.32 Å². The zero-order chi connectivity index (χ0) is 10.6. The van der Waals surface area contributed by atoms with Gasteiger partial charge >= 0.3 is 0 Å². The van der Waals surface area contributed by atoms with Crippen molar-refractivity contribution in [3.05, 3.63) is 0 Å². The molecule has 0 saturated heterocycles. The molecule has 0 heterocycles. The molecule has 1 saturated carbocycles. The Morgan fingerprint density at radius 3 is 2.64 bits per heavy atom. The van der Waals surface area contributed by atoms with E-state index in [0.717, 1.165) is 12.8 Å². The summed E-state index contributed by atoms with van der Waals surface area (Å²) in [5.41, 5.74) is 0. The van der Waals surface area contributed by atoms with Crippen molar-refractivity contribution in [1.82, 2.24) is 10.2 Å². The molecule has 0 aromatic carbocycles. The number of hydrogen-bond acceptors (Lipinski definition) is 3. The van der Waals surface area contributed by atoms with Crippen molar-refractivity contribution in [1.29, 1.82) is 0 Å².